The molecule has 72 valence electrons. The summed E-state index contributed by atoms with van der Waals surface area (Å²) in [6.45, 7) is 8.30. The van der Waals surface area contributed by atoms with Crippen LogP contribution in [-0.4, -0.2) is 28.4 Å². The second-order valence-electron chi connectivity index (χ2n) is 3.93. The van der Waals surface area contributed by atoms with Crippen molar-refractivity contribution in [2.75, 3.05) is 6.54 Å². The second kappa shape index (κ2) is 4.62. The molecule has 0 aromatic heterocycles. The van der Waals surface area contributed by atoms with Gasteiger partial charge in [-0.05, 0) is 39.9 Å². The fraction of sp³-hybridized carbons (Fsp3) is 0.875. The van der Waals surface area contributed by atoms with Gasteiger partial charge >= 0.3 is 0 Å². The lowest BCUT2D eigenvalue weighted by atomic mass is 10.1. The molecule has 0 spiro atoms. The third-order valence-electron chi connectivity index (χ3n) is 1.05. The van der Waals surface area contributed by atoms with Gasteiger partial charge in [-0.1, -0.05) is 0 Å². The molecule has 0 aromatic rings. The molecule has 0 saturated carbocycles. The summed E-state index contributed by atoms with van der Waals surface area (Å²) in [4.78, 5) is 0. The molecule has 12 heavy (non-hydrogen) atoms. The van der Waals surface area contributed by atoms with Crippen molar-refractivity contribution in [2.24, 2.45) is 0 Å². The van der Waals surface area contributed by atoms with Gasteiger partial charge in [-0.25, -0.2) is 0 Å². The average Bonchev–Trinajstić information content (AvgIpc) is 1.79. The summed E-state index contributed by atoms with van der Waals surface area (Å²) < 4.78 is 0. The maximum absolute atomic E-state index is 8.95. The Balaban J connectivity index is 3.61. The van der Waals surface area contributed by atoms with E-state index in [0.29, 0.717) is 11.7 Å². The minimum absolute atomic E-state index is 0.0250. The van der Waals surface area contributed by atoms with E-state index in [0.717, 1.165) is 0 Å². The summed E-state index contributed by atoms with van der Waals surface area (Å²) in [5, 5.41) is 15.5. The maximum atomic E-state index is 8.95. The molecule has 0 heterocycles. The summed E-state index contributed by atoms with van der Waals surface area (Å²) in [6, 6.07) is 0. The zero-order chi connectivity index (χ0) is 9.78. The predicted octanol–water partition coefficient (Wildman–Crippen LogP) is 0.630. The molecule has 0 aliphatic rings. The Kier molecular flexibility index (Phi) is 4.49. The summed E-state index contributed by atoms with van der Waals surface area (Å²) >= 11 is 4.99. The van der Waals surface area contributed by atoms with Gasteiger partial charge < -0.3 is 15.7 Å². The highest BCUT2D eigenvalue weighted by atomic mass is 32.1. The van der Waals surface area contributed by atoms with Crippen molar-refractivity contribution in [3.8, 4) is 0 Å². The second-order valence-corrected chi connectivity index (χ2v) is 4.34. The van der Waals surface area contributed by atoms with Crippen molar-refractivity contribution in [2.45, 2.75) is 39.3 Å². The lowest BCUT2D eigenvalue weighted by molar-refractivity contribution is 0.197. The van der Waals surface area contributed by atoms with Gasteiger partial charge in [0.25, 0.3) is 0 Å². The van der Waals surface area contributed by atoms with Gasteiger partial charge in [0, 0.05) is 12.1 Å². The van der Waals surface area contributed by atoms with Gasteiger partial charge in [0.2, 0.25) is 0 Å². The summed E-state index contributed by atoms with van der Waals surface area (Å²) in [6.07, 6.45) is -0.371. The van der Waals surface area contributed by atoms with Gasteiger partial charge in [0.05, 0.1) is 6.10 Å². The van der Waals surface area contributed by atoms with E-state index in [9.17, 15) is 0 Å². The molecular formula is C8H18N2OS. The Morgan fingerprint density at radius 1 is 1.50 bits per heavy atom. The Bertz CT molecular complexity index is 152. The lowest BCUT2D eigenvalue weighted by Gasteiger charge is -2.23. The molecule has 0 fully saturated rings. The van der Waals surface area contributed by atoms with Crippen LogP contribution in [0.15, 0.2) is 0 Å². The van der Waals surface area contributed by atoms with Crippen LogP contribution >= 0.6 is 12.2 Å². The first-order valence-corrected chi connectivity index (χ1v) is 4.46. The third-order valence-corrected chi connectivity index (χ3v) is 1.29. The van der Waals surface area contributed by atoms with Gasteiger partial charge in [0.15, 0.2) is 5.11 Å². The van der Waals surface area contributed by atoms with Crippen molar-refractivity contribution in [1.29, 1.82) is 0 Å². The van der Waals surface area contributed by atoms with Crippen molar-refractivity contribution in [3.05, 3.63) is 0 Å². The van der Waals surface area contributed by atoms with Crippen molar-refractivity contribution >= 4 is 17.3 Å². The smallest absolute Gasteiger partial charge is 0.166 e. The van der Waals surface area contributed by atoms with Crippen LogP contribution in [0.5, 0.6) is 0 Å². The largest absolute Gasteiger partial charge is 0.392 e. The quantitative estimate of drug-likeness (QED) is 0.559. The van der Waals surface area contributed by atoms with E-state index >= 15 is 0 Å². The van der Waals surface area contributed by atoms with E-state index in [1.807, 2.05) is 20.8 Å². The summed E-state index contributed by atoms with van der Waals surface area (Å²) in [5.41, 5.74) is -0.0250. The number of hydrogen-bond donors (Lipinski definition) is 3. The van der Waals surface area contributed by atoms with Crippen molar-refractivity contribution < 1.29 is 5.11 Å². The molecule has 1 atom stereocenters. The maximum Gasteiger partial charge on any atom is 0.166 e. The molecule has 3 nitrogen and oxygen atoms in total. The zero-order valence-electron chi connectivity index (χ0n) is 8.14. The molecule has 0 saturated heterocycles. The van der Waals surface area contributed by atoms with Crippen LogP contribution in [0.2, 0.25) is 0 Å². The van der Waals surface area contributed by atoms with Crippen molar-refractivity contribution in [1.82, 2.24) is 10.6 Å². The van der Waals surface area contributed by atoms with Crippen LogP contribution in [-0.2, 0) is 0 Å². The molecule has 0 amide bonds. The van der Waals surface area contributed by atoms with Crippen molar-refractivity contribution in [3.63, 3.8) is 0 Å². The van der Waals surface area contributed by atoms with Gasteiger partial charge in [-0.3, -0.25) is 0 Å². The van der Waals surface area contributed by atoms with E-state index < -0.39 is 0 Å². The monoisotopic (exact) mass is 190 g/mol. The SMILES string of the molecule is C[C@@H](O)CNC(=S)NC(C)(C)C. The third kappa shape index (κ3) is 7.75. The number of thiocarbonyl (C=S) groups is 1. The summed E-state index contributed by atoms with van der Waals surface area (Å²) in [5.74, 6) is 0. The first-order valence-electron chi connectivity index (χ1n) is 4.05. The molecule has 0 aromatic carbocycles. The minimum Gasteiger partial charge on any atom is -0.392 e. The van der Waals surface area contributed by atoms with Gasteiger partial charge in [0.1, 0.15) is 0 Å². The van der Waals surface area contributed by atoms with Crippen LogP contribution in [0.4, 0.5) is 0 Å². The predicted molar refractivity (Wildman–Crippen MR) is 55.2 cm³/mol. The zero-order valence-corrected chi connectivity index (χ0v) is 8.96. The minimum atomic E-state index is -0.371. The Labute approximate surface area is 79.5 Å². The number of aliphatic hydroxyl groups is 1. The molecule has 0 aliphatic carbocycles. The fourth-order valence-electron chi connectivity index (χ4n) is 0.625. The highest BCUT2D eigenvalue weighted by Crippen LogP contribution is 1.97. The van der Waals surface area contributed by atoms with Crippen LogP contribution in [0.1, 0.15) is 27.7 Å². The highest BCUT2D eigenvalue weighted by molar-refractivity contribution is 7.80. The molecule has 0 aliphatic heterocycles. The first kappa shape index (κ1) is 11.6. The van der Waals surface area contributed by atoms with E-state index in [2.05, 4.69) is 10.6 Å². The molecule has 0 rings (SSSR count). The normalized spacial score (nSPS) is 13.8. The van der Waals surface area contributed by atoms with Crippen LogP contribution in [0, 0.1) is 0 Å². The number of hydrogen-bond acceptors (Lipinski definition) is 2. The molecule has 0 bridgehead atoms. The molecule has 0 radical (unpaired) electrons. The Hall–Kier alpha value is -0.350. The molecule has 0 unspecified atom stereocenters. The van der Waals surface area contributed by atoms with Crippen LogP contribution in [0.25, 0.3) is 0 Å². The number of rotatable bonds is 2. The molecular weight excluding hydrogens is 172 g/mol. The van der Waals surface area contributed by atoms with Gasteiger partial charge in [-0.2, -0.15) is 0 Å². The van der Waals surface area contributed by atoms with E-state index in [1.54, 1.807) is 6.92 Å². The number of aliphatic hydroxyl groups excluding tert-OH is 1. The first-order chi connectivity index (χ1) is 5.31. The van der Waals surface area contributed by atoms with E-state index in [4.69, 9.17) is 17.3 Å². The van der Waals surface area contributed by atoms with E-state index in [-0.39, 0.29) is 11.6 Å². The highest BCUT2D eigenvalue weighted by Gasteiger charge is 2.10. The standard InChI is InChI=1S/C8H18N2OS/c1-6(11)5-9-7(12)10-8(2,3)4/h6,11H,5H2,1-4H3,(H2,9,10,12)/t6-/m1/s1. The summed E-state index contributed by atoms with van der Waals surface area (Å²) in [7, 11) is 0. The molecule has 4 heteroatoms. The van der Waals surface area contributed by atoms with Crippen LogP contribution in [0.3, 0.4) is 0 Å². The lowest BCUT2D eigenvalue weighted by Crippen LogP contribution is -2.47. The van der Waals surface area contributed by atoms with E-state index in [1.165, 1.54) is 0 Å². The Morgan fingerprint density at radius 2 is 2.00 bits per heavy atom. The van der Waals surface area contributed by atoms with Gasteiger partial charge in [-0.15, -0.1) is 0 Å². The molecule has 3 N–H and O–H groups in total. The Morgan fingerprint density at radius 3 is 2.33 bits per heavy atom. The fourth-order valence-corrected chi connectivity index (χ4v) is 1.01. The van der Waals surface area contributed by atoms with Crippen LogP contribution < -0.4 is 10.6 Å². The topological polar surface area (TPSA) is 44.3 Å². The average molecular weight is 190 g/mol. The number of nitrogens with one attached hydrogen (secondary N) is 2.